The molecule has 9 nitrogen and oxygen atoms in total. The summed E-state index contributed by atoms with van der Waals surface area (Å²) < 4.78 is 65.4. The number of hydrogen-bond donors (Lipinski definition) is 2. The second kappa shape index (κ2) is 5.19. The maximum atomic E-state index is 13.1. The highest BCUT2D eigenvalue weighted by Crippen LogP contribution is 2.33. The molecular formula is C14H8N2O7PS2+. The van der Waals surface area contributed by atoms with Gasteiger partial charge in [0.25, 0.3) is 31.9 Å². The predicted octanol–water partition coefficient (Wildman–Crippen LogP) is -0.671. The number of carbonyl (C=O) groups is 2. The molecule has 26 heavy (non-hydrogen) atoms. The summed E-state index contributed by atoms with van der Waals surface area (Å²) in [4.78, 5) is 22.7. The average molecular weight is 411 g/mol. The molecule has 2 aliphatic rings. The summed E-state index contributed by atoms with van der Waals surface area (Å²) in [5.41, 5.74) is -0.342. The first-order chi connectivity index (χ1) is 12.1. The molecule has 0 bridgehead atoms. The minimum absolute atomic E-state index is 0.171. The van der Waals surface area contributed by atoms with Crippen LogP contribution in [0.5, 0.6) is 0 Å². The predicted molar refractivity (Wildman–Crippen MR) is 89.1 cm³/mol. The number of sulfonamides is 2. The van der Waals surface area contributed by atoms with Crippen LogP contribution in [0.25, 0.3) is 0 Å². The molecule has 2 heterocycles. The van der Waals surface area contributed by atoms with Crippen LogP contribution < -0.4 is 20.1 Å². The van der Waals surface area contributed by atoms with Gasteiger partial charge in [-0.2, -0.15) is 0 Å². The van der Waals surface area contributed by atoms with Gasteiger partial charge in [-0.05, 0) is 24.3 Å². The Morgan fingerprint density at radius 1 is 0.692 bits per heavy atom. The molecule has 2 amide bonds. The standard InChI is InChI=1S/C14H7N2O7PS2/c17-13-7-3-1-5-9(11(7)25(20,21)15-13)24(19)10-6-2-4-8-12(10)26(22,23)16-14(8)18/h1-6H,(H-,15,16,17,18)/p+1. The van der Waals surface area contributed by atoms with Crippen molar-refractivity contribution in [2.45, 2.75) is 9.79 Å². The molecule has 4 rings (SSSR count). The Hall–Kier alpha value is -2.62. The SMILES string of the molecule is O=C1NS(=O)(=O)c2c1cccc2[P+](=O)c1cccc2c1S(=O)(=O)NC2=O. The third-order valence-corrected chi connectivity index (χ3v) is 8.69. The molecular weight excluding hydrogens is 403 g/mol. The normalized spacial score (nSPS) is 18.6. The van der Waals surface area contributed by atoms with Crippen molar-refractivity contribution >= 4 is 50.3 Å². The van der Waals surface area contributed by atoms with Crippen LogP contribution in [0.4, 0.5) is 0 Å². The van der Waals surface area contributed by atoms with E-state index in [1.54, 1.807) is 9.44 Å². The molecule has 0 radical (unpaired) electrons. The average Bonchev–Trinajstić information content (AvgIpc) is 2.96. The quantitative estimate of drug-likeness (QED) is 0.624. The van der Waals surface area contributed by atoms with E-state index in [-0.39, 0.29) is 21.7 Å². The third-order valence-electron chi connectivity index (χ3n) is 3.91. The smallest absolute Gasteiger partial charge is 0.268 e. The largest absolute Gasteiger partial charge is 0.418 e. The Balaban J connectivity index is 2.00. The van der Waals surface area contributed by atoms with Crippen molar-refractivity contribution in [1.82, 2.24) is 9.44 Å². The van der Waals surface area contributed by atoms with Gasteiger partial charge in [0.2, 0.25) is 10.6 Å². The first-order valence-electron chi connectivity index (χ1n) is 7.01. The van der Waals surface area contributed by atoms with Crippen LogP contribution in [0.15, 0.2) is 46.2 Å². The minimum Gasteiger partial charge on any atom is -0.268 e. The second-order valence-corrected chi connectivity index (χ2v) is 10.3. The lowest BCUT2D eigenvalue weighted by molar-refractivity contribution is 0.0976. The van der Waals surface area contributed by atoms with Crippen LogP contribution in [0.3, 0.4) is 0 Å². The Bertz CT molecular complexity index is 1170. The second-order valence-electron chi connectivity index (χ2n) is 5.47. The van der Waals surface area contributed by atoms with E-state index in [9.17, 15) is 31.0 Å². The molecule has 0 saturated carbocycles. The van der Waals surface area contributed by atoms with Crippen LogP contribution in [0.1, 0.15) is 20.7 Å². The van der Waals surface area contributed by atoms with Crippen LogP contribution in [-0.2, 0) is 24.6 Å². The van der Waals surface area contributed by atoms with Crippen LogP contribution >= 0.6 is 7.80 Å². The van der Waals surface area contributed by atoms with Gasteiger partial charge in [0.05, 0.1) is 11.1 Å². The molecule has 0 aromatic heterocycles. The summed E-state index contributed by atoms with van der Waals surface area (Å²) in [5.74, 6) is -1.71. The fourth-order valence-corrected chi connectivity index (χ4v) is 7.91. The van der Waals surface area contributed by atoms with Gasteiger partial charge in [0.1, 0.15) is 0 Å². The van der Waals surface area contributed by atoms with Gasteiger partial charge in [-0.25, -0.2) is 26.3 Å². The lowest BCUT2D eigenvalue weighted by Crippen LogP contribution is -2.24. The van der Waals surface area contributed by atoms with Gasteiger partial charge in [-0.3, -0.25) is 9.59 Å². The van der Waals surface area contributed by atoms with E-state index in [1.165, 1.54) is 36.4 Å². The van der Waals surface area contributed by atoms with Crippen molar-refractivity contribution in [1.29, 1.82) is 0 Å². The Morgan fingerprint density at radius 3 is 1.46 bits per heavy atom. The molecule has 2 N–H and O–H groups in total. The zero-order chi connectivity index (χ0) is 18.9. The molecule has 12 heteroatoms. The first-order valence-corrected chi connectivity index (χ1v) is 11.2. The number of benzene rings is 2. The topological polar surface area (TPSA) is 144 Å². The van der Waals surface area contributed by atoms with Gasteiger partial charge in [-0.1, -0.05) is 16.7 Å². The number of nitrogens with one attached hydrogen (secondary N) is 2. The van der Waals surface area contributed by atoms with Crippen molar-refractivity contribution in [2.75, 3.05) is 0 Å². The molecule has 0 aliphatic carbocycles. The van der Waals surface area contributed by atoms with E-state index in [0.717, 1.165) is 0 Å². The molecule has 2 aliphatic heterocycles. The van der Waals surface area contributed by atoms with Gasteiger partial charge in [-0.15, -0.1) is 0 Å². The molecule has 2 aromatic carbocycles. The number of amides is 2. The van der Waals surface area contributed by atoms with Gasteiger partial charge >= 0.3 is 7.80 Å². The maximum absolute atomic E-state index is 13.1. The monoisotopic (exact) mass is 411 g/mol. The minimum atomic E-state index is -4.21. The van der Waals surface area contributed by atoms with Gasteiger partial charge in [0.15, 0.2) is 9.79 Å². The fraction of sp³-hybridized carbons (Fsp3) is 0. The number of rotatable bonds is 2. The van der Waals surface area contributed by atoms with E-state index in [1.807, 2.05) is 0 Å². The summed E-state index contributed by atoms with van der Waals surface area (Å²) >= 11 is 0. The lowest BCUT2D eigenvalue weighted by Gasteiger charge is -2.00. The summed E-state index contributed by atoms with van der Waals surface area (Å²) in [6.45, 7) is 0. The van der Waals surface area contributed by atoms with E-state index < -0.39 is 49.5 Å². The molecule has 0 saturated heterocycles. The van der Waals surface area contributed by atoms with E-state index >= 15 is 0 Å². The van der Waals surface area contributed by atoms with Crippen molar-refractivity contribution in [3.63, 3.8) is 0 Å². The molecule has 0 unspecified atom stereocenters. The van der Waals surface area contributed by atoms with Gasteiger partial charge < -0.3 is 0 Å². The van der Waals surface area contributed by atoms with Crippen molar-refractivity contribution < 1.29 is 31.0 Å². The van der Waals surface area contributed by atoms with Crippen LogP contribution in [-0.4, -0.2) is 28.6 Å². The fourth-order valence-electron chi connectivity index (χ4n) is 2.88. The molecule has 0 spiro atoms. The highest BCUT2D eigenvalue weighted by atomic mass is 32.2. The van der Waals surface area contributed by atoms with Crippen LogP contribution in [0.2, 0.25) is 0 Å². The van der Waals surface area contributed by atoms with E-state index in [0.29, 0.717) is 0 Å². The summed E-state index contributed by atoms with van der Waals surface area (Å²) in [7, 11) is -11.1. The Morgan fingerprint density at radius 2 is 1.08 bits per heavy atom. The zero-order valence-electron chi connectivity index (χ0n) is 12.6. The Kier molecular flexibility index (Phi) is 3.36. The summed E-state index contributed by atoms with van der Waals surface area (Å²) in [5, 5.41) is -0.419. The summed E-state index contributed by atoms with van der Waals surface area (Å²) in [6.07, 6.45) is 0. The number of carbonyl (C=O) groups excluding carboxylic acids is 2. The third kappa shape index (κ3) is 2.21. The number of fused-ring (bicyclic) bond motifs is 2. The lowest BCUT2D eigenvalue weighted by atomic mass is 10.2. The molecule has 0 atom stereocenters. The van der Waals surface area contributed by atoms with E-state index in [2.05, 4.69) is 0 Å². The highest BCUT2D eigenvalue weighted by Gasteiger charge is 2.46. The summed E-state index contributed by atoms with van der Waals surface area (Å²) in [6, 6.07) is 7.71. The maximum Gasteiger partial charge on any atom is 0.418 e. The molecule has 132 valence electrons. The zero-order valence-corrected chi connectivity index (χ0v) is 15.1. The van der Waals surface area contributed by atoms with Gasteiger partial charge in [0, 0.05) is 0 Å². The van der Waals surface area contributed by atoms with Crippen molar-refractivity contribution in [3.05, 3.63) is 47.5 Å². The Labute approximate surface area is 148 Å². The highest BCUT2D eigenvalue weighted by molar-refractivity contribution is 7.92. The number of hydrogen-bond acceptors (Lipinski definition) is 7. The first kappa shape index (κ1) is 16.8. The molecule has 2 aromatic rings. The van der Waals surface area contributed by atoms with Crippen LogP contribution in [0, 0.1) is 0 Å². The van der Waals surface area contributed by atoms with E-state index in [4.69, 9.17) is 0 Å². The van der Waals surface area contributed by atoms with Crippen molar-refractivity contribution in [3.8, 4) is 0 Å². The molecule has 0 fully saturated rings. The van der Waals surface area contributed by atoms with Crippen molar-refractivity contribution in [2.24, 2.45) is 0 Å².